The molecule has 1 saturated heterocycles. The second-order valence-electron chi connectivity index (χ2n) is 6.80. The number of nitrogens with two attached hydrogens (primary N) is 1. The Morgan fingerprint density at radius 1 is 1.33 bits per heavy atom. The molecular weight excluding hydrogens is 439 g/mol. The van der Waals surface area contributed by atoms with Gasteiger partial charge in [-0.25, -0.2) is 9.97 Å². The highest BCUT2D eigenvalue weighted by molar-refractivity contribution is 8.01. The number of halogens is 3. The van der Waals surface area contributed by atoms with Gasteiger partial charge in [-0.05, 0) is 31.9 Å². The lowest BCUT2D eigenvalue weighted by molar-refractivity contribution is -0.137. The first-order valence-electron chi connectivity index (χ1n) is 9.11. The number of rotatable bonds is 6. The second-order valence-corrected chi connectivity index (χ2v) is 9.04. The molecule has 3 rings (SSSR count). The van der Waals surface area contributed by atoms with Crippen molar-refractivity contribution in [3.8, 4) is 0 Å². The van der Waals surface area contributed by atoms with Gasteiger partial charge in [-0.1, -0.05) is 11.3 Å². The molecule has 1 fully saturated rings. The van der Waals surface area contributed by atoms with Gasteiger partial charge in [-0.15, -0.1) is 11.8 Å². The Labute approximate surface area is 179 Å². The number of nitrogens with one attached hydrogen (secondary N) is 1. The first-order valence-corrected chi connectivity index (χ1v) is 10.9. The van der Waals surface area contributed by atoms with Crippen molar-refractivity contribution in [3.05, 3.63) is 29.6 Å². The summed E-state index contributed by atoms with van der Waals surface area (Å²) in [5.41, 5.74) is 5.09. The van der Waals surface area contributed by atoms with E-state index in [4.69, 9.17) is 5.73 Å². The van der Waals surface area contributed by atoms with E-state index >= 15 is 0 Å². The molecule has 3 N–H and O–H groups in total. The molecule has 0 unspecified atom stereocenters. The Bertz CT molecular complexity index is 910. The molecule has 0 aromatic carbocycles. The molecule has 0 atom stereocenters. The topological polar surface area (TPSA) is 101 Å². The number of alkyl halides is 3. The summed E-state index contributed by atoms with van der Waals surface area (Å²) in [7, 11) is 0. The van der Waals surface area contributed by atoms with Gasteiger partial charge in [0.2, 0.25) is 11.8 Å². The first-order chi connectivity index (χ1) is 14.1. The average molecular weight is 460 g/mol. The third-order valence-electron chi connectivity index (χ3n) is 4.59. The smallest absolute Gasteiger partial charge is 0.369 e. The van der Waals surface area contributed by atoms with Gasteiger partial charge in [0.25, 0.3) is 0 Å². The lowest BCUT2D eigenvalue weighted by atomic mass is 9.96. The molecule has 30 heavy (non-hydrogen) atoms. The summed E-state index contributed by atoms with van der Waals surface area (Å²) in [5, 5.41) is 3.29. The Kier molecular flexibility index (Phi) is 6.86. The molecule has 2 aromatic heterocycles. The van der Waals surface area contributed by atoms with Gasteiger partial charge in [0, 0.05) is 25.2 Å². The number of thiazole rings is 1. The van der Waals surface area contributed by atoms with E-state index in [0.717, 1.165) is 22.2 Å². The molecular formula is C18H20F3N5O2S2. The van der Waals surface area contributed by atoms with Crippen LogP contribution in [0.3, 0.4) is 0 Å². The maximum atomic E-state index is 12.7. The molecule has 0 saturated carbocycles. The number of primary amides is 1. The predicted molar refractivity (Wildman–Crippen MR) is 110 cm³/mol. The summed E-state index contributed by atoms with van der Waals surface area (Å²) < 4.78 is 38.8. The SMILES string of the molecule is Cc1nc(NC(=O)C2CCN(c3ccc(C(F)(F)F)cn3)CC2)sc1SCC(N)=O. The number of anilines is 2. The molecule has 162 valence electrons. The van der Waals surface area contributed by atoms with Gasteiger partial charge in [0.15, 0.2) is 5.13 Å². The molecule has 0 aliphatic carbocycles. The number of thioether (sulfide) groups is 1. The van der Waals surface area contributed by atoms with E-state index in [1.54, 1.807) is 6.92 Å². The highest BCUT2D eigenvalue weighted by atomic mass is 32.2. The maximum Gasteiger partial charge on any atom is 0.417 e. The summed E-state index contributed by atoms with van der Waals surface area (Å²) in [6.07, 6.45) is -2.47. The fourth-order valence-electron chi connectivity index (χ4n) is 3.03. The highest BCUT2D eigenvalue weighted by Gasteiger charge is 2.31. The van der Waals surface area contributed by atoms with Crippen molar-refractivity contribution in [3.63, 3.8) is 0 Å². The van der Waals surface area contributed by atoms with Crippen LogP contribution < -0.4 is 16.0 Å². The molecule has 12 heteroatoms. The summed E-state index contributed by atoms with van der Waals surface area (Å²) >= 11 is 2.58. The minimum Gasteiger partial charge on any atom is -0.369 e. The summed E-state index contributed by atoms with van der Waals surface area (Å²) in [4.78, 5) is 33.6. The van der Waals surface area contributed by atoms with Crippen LogP contribution in [0.4, 0.5) is 24.1 Å². The summed E-state index contributed by atoms with van der Waals surface area (Å²) in [5.74, 6) is -0.176. The average Bonchev–Trinajstić information content (AvgIpc) is 3.05. The summed E-state index contributed by atoms with van der Waals surface area (Å²) in [6.45, 7) is 2.84. The van der Waals surface area contributed by atoms with Crippen LogP contribution in [0.25, 0.3) is 0 Å². The van der Waals surface area contributed by atoms with E-state index in [1.165, 1.54) is 29.2 Å². The van der Waals surface area contributed by atoms with E-state index in [1.807, 2.05) is 4.90 Å². The van der Waals surface area contributed by atoms with E-state index in [9.17, 15) is 22.8 Å². The van der Waals surface area contributed by atoms with Crippen molar-refractivity contribution in [2.45, 2.75) is 30.2 Å². The lowest BCUT2D eigenvalue weighted by Crippen LogP contribution is -2.38. The van der Waals surface area contributed by atoms with Crippen LogP contribution in [-0.2, 0) is 15.8 Å². The quantitative estimate of drug-likeness (QED) is 0.643. The van der Waals surface area contributed by atoms with E-state index in [-0.39, 0.29) is 17.6 Å². The number of piperidine rings is 1. The maximum absolute atomic E-state index is 12.7. The highest BCUT2D eigenvalue weighted by Crippen LogP contribution is 2.33. The van der Waals surface area contributed by atoms with Crippen LogP contribution in [0.5, 0.6) is 0 Å². The number of nitrogens with zero attached hydrogens (tertiary/aromatic N) is 3. The van der Waals surface area contributed by atoms with Crippen molar-refractivity contribution in [1.82, 2.24) is 9.97 Å². The minimum atomic E-state index is -4.41. The van der Waals surface area contributed by atoms with Crippen molar-refractivity contribution < 1.29 is 22.8 Å². The van der Waals surface area contributed by atoms with Crippen LogP contribution >= 0.6 is 23.1 Å². The lowest BCUT2D eigenvalue weighted by Gasteiger charge is -2.32. The third-order valence-corrected chi connectivity index (χ3v) is 7.05. The van der Waals surface area contributed by atoms with Gasteiger partial charge in [0.05, 0.1) is 21.2 Å². The molecule has 3 heterocycles. The van der Waals surface area contributed by atoms with Gasteiger partial charge in [-0.3, -0.25) is 9.59 Å². The number of aromatic nitrogens is 2. The minimum absolute atomic E-state index is 0.143. The number of pyridine rings is 1. The molecule has 1 aliphatic rings. The van der Waals surface area contributed by atoms with E-state index in [2.05, 4.69) is 15.3 Å². The number of carbonyl (C=O) groups excluding carboxylic acids is 2. The molecule has 0 spiro atoms. The van der Waals surface area contributed by atoms with Crippen molar-refractivity contribution in [2.75, 3.05) is 29.1 Å². The zero-order chi connectivity index (χ0) is 21.9. The molecule has 2 aromatic rings. The van der Waals surface area contributed by atoms with Crippen LogP contribution in [0.15, 0.2) is 22.5 Å². The van der Waals surface area contributed by atoms with Crippen LogP contribution in [0.1, 0.15) is 24.1 Å². The van der Waals surface area contributed by atoms with E-state index in [0.29, 0.717) is 36.9 Å². The molecule has 1 aliphatic heterocycles. The molecule has 0 radical (unpaired) electrons. The third kappa shape index (κ3) is 5.63. The van der Waals surface area contributed by atoms with Gasteiger partial charge < -0.3 is 16.0 Å². The Hall–Kier alpha value is -2.34. The fourth-order valence-corrected chi connectivity index (χ4v) is 4.91. The number of amides is 2. The Morgan fingerprint density at radius 2 is 2.03 bits per heavy atom. The Balaban J connectivity index is 1.53. The Morgan fingerprint density at radius 3 is 2.60 bits per heavy atom. The van der Waals surface area contributed by atoms with Crippen LogP contribution in [0.2, 0.25) is 0 Å². The number of aryl methyl sites for hydroxylation is 1. The number of carbonyl (C=O) groups is 2. The monoisotopic (exact) mass is 459 g/mol. The second kappa shape index (κ2) is 9.21. The van der Waals surface area contributed by atoms with Crippen molar-refractivity contribution in [2.24, 2.45) is 11.7 Å². The number of hydrogen-bond acceptors (Lipinski definition) is 7. The zero-order valence-corrected chi connectivity index (χ0v) is 17.7. The van der Waals surface area contributed by atoms with Gasteiger partial charge in [-0.2, -0.15) is 13.2 Å². The number of hydrogen-bond donors (Lipinski definition) is 2. The largest absolute Gasteiger partial charge is 0.417 e. The van der Waals surface area contributed by atoms with Crippen LogP contribution in [0, 0.1) is 12.8 Å². The normalized spacial score (nSPS) is 15.3. The fraction of sp³-hybridized carbons (Fsp3) is 0.444. The van der Waals surface area contributed by atoms with E-state index < -0.39 is 17.6 Å². The van der Waals surface area contributed by atoms with Gasteiger partial charge in [0.1, 0.15) is 5.82 Å². The standard InChI is InChI=1S/C18H20F3N5O2S2/c1-10-16(29-9-13(22)27)30-17(24-10)25-15(28)11-4-6-26(7-5-11)14-3-2-12(8-23-14)18(19,20)21/h2-3,8,11H,4-7,9H2,1H3,(H2,22,27)(H,24,25,28). The van der Waals surface area contributed by atoms with Crippen molar-refractivity contribution in [1.29, 1.82) is 0 Å². The first kappa shape index (κ1) is 22.3. The molecule has 7 nitrogen and oxygen atoms in total. The zero-order valence-electron chi connectivity index (χ0n) is 16.0. The van der Waals surface area contributed by atoms with Crippen LogP contribution in [-0.4, -0.2) is 40.6 Å². The van der Waals surface area contributed by atoms with Gasteiger partial charge >= 0.3 is 6.18 Å². The predicted octanol–water partition coefficient (Wildman–Crippen LogP) is 3.30. The molecule has 2 amide bonds. The van der Waals surface area contributed by atoms with Crippen molar-refractivity contribution >= 4 is 45.9 Å². The summed E-state index contributed by atoms with van der Waals surface area (Å²) in [6, 6.07) is 2.37. The molecule has 0 bridgehead atoms.